The number of rotatable bonds is 2. The first-order chi connectivity index (χ1) is 12.7. The highest BCUT2D eigenvalue weighted by molar-refractivity contribution is 5.94. The lowest BCUT2D eigenvalue weighted by atomic mass is 10.1. The molecule has 0 unspecified atom stereocenters. The fourth-order valence-corrected chi connectivity index (χ4v) is 3.38. The summed E-state index contributed by atoms with van der Waals surface area (Å²) in [6, 6.07) is 7.96. The zero-order chi connectivity index (χ0) is 17.8. The minimum absolute atomic E-state index is 0.0494. The van der Waals surface area contributed by atoms with Crippen LogP contribution in [-0.4, -0.2) is 39.0 Å². The SMILES string of the molecule is CC(C)c1c(-c2nnc3c4ccccc4n4cncc4n23)nnn1C#N. The molecule has 0 bridgehead atoms. The van der Waals surface area contributed by atoms with Crippen LogP contribution in [0.15, 0.2) is 36.8 Å². The molecule has 0 fully saturated rings. The van der Waals surface area contributed by atoms with Gasteiger partial charge in [0.15, 0.2) is 17.2 Å². The molecule has 0 amide bonds. The molecule has 0 aliphatic carbocycles. The van der Waals surface area contributed by atoms with E-state index in [9.17, 15) is 5.26 Å². The highest BCUT2D eigenvalue weighted by Crippen LogP contribution is 2.29. The highest BCUT2D eigenvalue weighted by atomic mass is 15.4. The van der Waals surface area contributed by atoms with Crippen molar-refractivity contribution in [3.05, 3.63) is 42.5 Å². The molecule has 0 saturated carbocycles. The monoisotopic (exact) mass is 343 g/mol. The molecular formula is C17H13N9. The van der Waals surface area contributed by atoms with Gasteiger partial charge in [0.2, 0.25) is 6.19 Å². The minimum Gasteiger partial charge on any atom is -0.284 e. The summed E-state index contributed by atoms with van der Waals surface area (Å²) in [7, 11) is 0. The van der Waals surface area contributed by atoms with Crippen LogP contribution in [0, 0.1) is 11.5 Å². The van der Waals surface area contributed by atoms with Crippen LogP contribution in [-0.2, 0) is 0 Å². The second kappa shape index (κ2) is 5.10. The summed E-state index contributed by atoms with van der Waals surface area (Å²) in [5, 5.41) is 27.2. The van der Waals surface area contributed by atoms with Crippen molar-refractivity contribution in [1.82, 2.24) is 39.0 Å². The number of hydrogen-bond donors (Lipinski definition) is 0. The van der Waals surface area contributed by atoms with E-state index in [1.54, 1.807) is 12.5 Å². The van der Waals surface area contributed by atoms with E-state index in [4.69, 9.17) is 0 Å². The molecule has 0 aliphatic rings. The number of nitriles is 1. The molecule has 0 radical (unpaired) electrons. The normalized spacial score (nSPS) is 11.8. The van der Waals surface area contributed by atoms with Crippen LogP contribution in [0.25, 0.3) is 33.7 Å². The Morgan fingerprint density at radius 2 is 1.96 bits per heavy atom. The zero-order valence-electron chi connectivity index (χ0n) is 14.1. The van der Waals surface area contributed by atoms with E-state index in [0.29, 0.717) is 22.9 Å². The first-order valence-corrected chi connectivity index (χ1v) is 8.14. The number of para-hydroxylation sites is 1. The van der Waals surface area contributed by atoms with Gasteiger partial charge in [-0.2, -0.15) is 5.26 Å². The molecular weight excluding hydrogens is 330 g/mol. The average Bonchev–Trinajstić information content (AvgIpc) is 3.37. The second-order valence-corrected chi connectivity index (χ2v) is 6.31. The van der Waals surface area contributed by atoms with Gasteiger partial charge in [0.1, 0.15) is 12.0 Å². The van der Waals surface area contributed by atoms with Crippen LogP contribution < -0.4 is 0 Å². The van der Waals surface area contributed by atoms with E-state index >= 15 is 0 Å². The fraction of sp³-hybridized carbons (Fsp3) is 0.176. The fourth-order valence-electron chi connectivity index (χ4n) is 3.38. The topological polar surface area (TPSA) is 102 Å². The summed E-state index contributed by atoms with van der Waals surface area (Å²) in [6.45, 7) is 3.98. The lowest BCUT2D eigenvalue weighted by Gasteiger charge is -2.08. The molecule has 9 heteroatoms. The van der Waals surface area contributed by atoms with E-state index in [1.807, 2.05) is 53.1 Å². The van der Waals surface area contributed by atoms with E-state index in [1.165, 1.54) is 4.68 Å². The number of fused-ring (bicyclic) bond motifs is 6. The van der Waals surface area contributed by atoms with Crippen LogP contribution in [0.2, 0.25) is 0 Å². The number of imidazole rings is 1. The molecule has 9 nitrogen and oxygen atoms in total. The molecule has 0 saturated heterocycles. The molecule has 0 N–H and O–H groups in total. The van der Waals surface area contributed by atoms with Crippen molar-refractivity contribution in [3.63, 3.8) is 0 Å². The van der Waals surface area contributed by atoms with Gasteiger partial charge in [-0.05, 0) is 18.1 Å². The first-order valence-electron chi connectivity index (χ1n) is 8.14. The predicted molar refractivity (Wildman–Crippen MR) is 93.4 cm³/mol. The van der Waals surface area contributed by atoms with Crippen LogP contribution in [0.3, 0.4) is 0 Å². The average molecular weight is 343 g/mol. The molecule has 126 valence electrons. The van der Waals surface area contributed by atoms with Crippen molar-refractivity contribution in [2.24, 2.45) is 0 Å². The largest absolute Gasteiger partial charge is 0.284 e. The third-order valence-corrected chi connectivity index (χ3v) is 4.47. The number of hydrogen-bond acceptors (Lipinski definition) is 6. The Hall–Kier alpha value is -3.80. The second-order valence-electron chi connectivity index (χ2n) is 6.31. The summed E-state index contributed by atoms with van der Waals surface area (Å²) in [5.74, 6) is 0.592. The summed E-state index contributed by atoms with van der Waals surface area (Å²) < 4.78 is 5.13. The quantitative estimate of drug-likeness (QED) is 0.487. The molecule has 4 heterocycles. The Morgan fingerprint density at radius 3 is 2.77 bits per heavy atom. The maximum atomic E-state index is 9.33. The zero-order valence-corrected chi connectivity index (χ0v) is 14.1. The predicted octanol–water partition coefficient (Wildman–Crippen LogP) is 2.24. The van der Waals surface area contributed by atoms with Crippen molar-refractivity contribution in [1.29, 1.82) is 5.26 Å². The maximum Gasteiger partial charge on any atom is 0.208 e. The standard InChI is InChI=1S/C17H13N9/c1-10(2)15-14(20-23-25(15)8-18)17-22-21-16-11-5-3-4-6-12(11)24-9-19-7-13(24)26(16)17/h3-7,9-10H,1-2H3. The Bertz CT molecular complexity index is 1330. The van der Waals surface area contributed by atoms with E-state index < -0.39 is 0 Å². The lowest BCUT2D eigenvalue weighted by molar-refractivity contribution is 0.725. The number of aromatic nitrogens is 8. The molecule has 0 aliphatic heterocycles. The van der Waals surface area contributed by atoms with Gasteiger partial charge in [0.05, 0.1) is 17.4 Å². The van der Waals surface area contributed by atoms with Crippen molar-refractivity contribution in [2.75, 3.05) is 0 Å². The molecule has 0 atom stereocenters. The Balaban J connectivity index is 1.96. The lowest BCUT2D eigenvalue weighted by Crippen LogP contribution is -2.03. The summed E-state index contributed by atoms with van der Waals surface area (Å²) >= 11 is 0. The Morgan fingerprint density at radius 1 is 1.12 bits per heavy atom. The Labute approximate surface area is 147 Å². The highest BCUT2D eigenvalue weighted by Gasteiger charge is 2.24. The third-order valence-electron chi connectivity index (χ3n) is 4.47. The summed E-state index contributed by atoms with van der Waals surface area (Å²) in [5.41, 5.74) is 3.78. The minimum atomic E-state index is 0.0494. The van der Waals surface area contributed by atoms with Crippen molar-refractivity contribution < 1.29 is 0 Å². The molecule has 0 spiro atoms. The van der Waals surface area contributed by atoms with Gasteiger partial charge in [-0.3, -0.25) is 8.80 Å². The molecule has 26 heavy (non-hydrogen) atoms. The van der Waals surface area contributed by atoms with Gasteiger partial charge in [0, 0.05) is 5.39 Å². The van der Waals surface area contributed by atoms with Gasteiger partial charge in [-0.25, -0.2) is 4.98 Å². The van der Waals surface area contributed by atoms with E-state index in [0.717, 1.165) is 16.6 Å². The van der Waals surface area contributed by atoms with Crippen LogP contribution >= 0.6 is 0 Å². The van der Waals surface area contributed by atoms with Gasteiger partial charge in [-0.15, -0.1) is 20.0 Å². The Kier molecular flexibility index (Phi) is 2.85. The van der Waals surface area contributed by atoms with Crippen molar-refractivity contribution in [2.45, 2.75) is 19.8 Å². The summed E-state index contributed by atoms with van der Waals surface area (Å²) in [4.78, 5) is 4.29. The van der Waals surface area contributed by atoms with Gasteiger partial charge in [-0.1, -0.05) is 31.2 Å². The van der Waals surface area contributed by atoms with Gasteiger partial charge >= 0.3 is 0 Å². The van der Waals surface area contributed by atoms with Crippen LogP contribution in [0.1, 0.15) is 25.5 Å². The van der Waals surface area contributed by atoms with Crippen molar-refractivity contribution in [3.8, 4) is 17.7 Å². The number of nitrogens with zero attached hydrogens (tertiary/aromatic N) is 9. The molecule has 5 rings (SSSR count). The van der Waals surface area contributed by atoms with Gasteiger partial charge < -0.3 is 0 Å². The molecule has 4 aromatic heterocycles. The van der Waals surface area contributed by atoms with Crippen LogP contribution in [0.4, 0.5) is 0 Å². The van der Waals surface area contributed by atoms with Crippen molar-refractivity contribution >= 4 is 22.2 Å². The maximum absolute atomic E-state index is 9.33. The third kappa shape index (κ3) is 1.75. The van der Waals surface area contributed by atoms with E-state index in [-0.39, 0.29) is 5.92 Å². The van der Waals surface area contributed by atoms with E-state index in [2.05, 4.69) is 25.5 Å². The molecule has 1 aromatic carbocycles. The summed E-state index contributed by atoms with van der Waals surface area (Å²) in [6.07, 6.45) is 5.56. The number of benzene rings is 1. The van der Waals surface area contributed by atoms with Gasteiger partial charge in [0.25, 0.3) is 0 Å². The smallest absolute Gasteiger partial charge is 0.208 e. The van der Waals surface area contributed by atoms with Crippen LogP contribution in [0.5, 0.6) is 0 Å². The molecule has 5 aromatic rings. The first kappa shape index (κ1) is 14.5.